The van der Waals surface area contributed by atoms with Gasteiger partial charge in [0.15, 0.2) is 5.84 Å². The summed E-state index contributed by atoms with van der Waals surface area (Å²) >= 11 is 0. The summed E-state index contributed by atoms with van der Waals surface area (Å²) in [7, 11) is 0. The Bertz CT molecular complexity index is 718. The molecule has 0 radical (unpaired) electrons. The average molecular weight is 262 g/mol. The highest BCUT2D eigenvalue weighted by atomic mass is 15.5. The summed E-state index contributed by atoms with van der Waals surface area (Å²) in [5.41, 5.74) is 7.23. The molecular formula is C16H14N4. The Morgan fingerprint density at radius 2 is 1.75 bits per heavy atom. The van der Waals surface area contributed by atoms with Gasteiger partial charge >= 0.3 is 0 Å². The quantitative estimate of drug-likeness (QED) is 0.858. The molecule has 0 aliphatic carbocycles. The number of nitrogens with zero attached hydrogens (tertiary/aromatic N) is 3. The monoisotopic (exact) mass is 262 g/mol. The lowest BCUT2D eigenvalue weighted by molar-refractivity contribution is 0.632. The lowest BCUT2D eigenvalue weighted by atomic mass is 10.1. The van der Waals surface area contributed by atoms with Crippen LogP contribution in [0.3, 0.4) is 0 Å². The van der Waals surface area contributed by atoms with Crippen LogP contribution in [0.15, 0.2) is 64.7 Å². The van der Waals surface area contributed by atoms with Gasteiger partial charge in [-0.1, -0.05) is 42.5 Å². The van der Waals surface area contributed by atoms with Gasteiger partial charge in [-0.3, -0.25) is 10.3 Å². The third-order valence-corrected chi connectivity index (χ3v) is 3.61. The minimum absolute atomic E-state index is 0.139. The second kappa shape index (κ2) is 4.20. The minimum Gasteiger partial charge on any atom is -0.299 e. The van der Waals surface area contributed by atoms with Gasteiger partial charge in [0.2, 0.25) is 0 Å². The van der Waals surface area contributed by atoms with Crippen LogP contribution < -0.4 is 10.3 Å². The molecule has 98 valence electrons. The molecule has 0 amide bonds. The molecule has 2 aliphatic rings. The number of amidine groups is 1. The number of hydrazone groups is 1. The largest absolute Gasteiger partial charge is 0.299 e. The van der Waals surface area contributed by atoms with E-state index in [1.54, 1.807) is 0 Å². The molecule has 1 N–H and O–H groups in total. The van der Waals surface area contributed by atoms with Crippen molar-refractivity contribution in [3.63, 3.8) is 0 Å². The number of fused-ring (bicyclic) bond motifs is 3. The minimum atomic E-state index is 0.139. The zero-order chi connectivity index (χ0) is 13.5. The van der Waals surface area contributed by atoms with E-state index in [4.69, 9.17) is 4.99 Å². The summed E-state index contributed by atoms with van der Waals surface area (Å²) < 4.78 is 0. The summed E-state index contributed by atoms with van der Waals surface area (Å²) in [5.74, 6) is 0.891. The fraction of sp³-hybridized carbons (Fsp3) is 0.125. The van der Waals surface area contributed by atoms with Gasteiger partial charge in [-0.15, -0.1) is 0 Å². The number of aliphatic imine (C=N–C) groups is 1. The maximum atomic E-state index is 4.80. The third-order valence-electron chi connectivity index (χ3n) is 3.61. The summed E-state index contributed by atoms with van der Waals surface area (Å²) in [6.07, 6.45) is 0.139. The van der Waals surface area contributed by atoms with Crippen LogP contribution in [0.1, 0.15) is 12.5 Å². The topological polar surface area (TPSA) is 40.0 Å². The number of nitrogens with one attached hydrogen (secondary N) is 1. The molecule has 0 spiro atoms. The van der Waals surface area contributed by atoms with Gasteiger partial charge in [-0.25, -0.2) is 4.99 Å². The maximum Gasteiger partial charge on any atom is 0.181 e. The zero-order valence-corrected chi connectivity index (χ0v) is 11.1. The van der Waals surface area contributed by atoms with E-state index < -0.39 is 0 Å². The van der Waals surface area contributed by atoms with E-state index >= 15 is 0 Å². The number of para-hydroxylation sites is 2. The standard InChI is InChI=1S/C16H14N4/c1-11-18-19-16-15(12-7-3-2-4-8-12)17-13-9-5-6-10-14(13)20(11)16/h2-11,18H,1H3. The fourth-order valence-corrected chi connectivity index (χ4v) is 2.66. The molecule has 4 nitrogen and oxygen atoms in total. The van der Waals surface area contributed by atoms with Crippen LogP contribution >= 0.6 is 0 Å². The van der Waals surface area contributed by atoms with Crippen molar-refractivity contribution in [2.24, 2.45) is 10.1 Å². The van der Waals surface area contributed by atoms with Gasteiger partial charge in [0.05, 0.1) is 11.4 Å². The highest BCUT2D eigenvalue weighted by Crippen LogP contribution is 2.36. The molecule has 2 aromatic carbocycles. The molecule has 0 aromatic heterocycles. The highest BCUT2D eigenvalue weighted by Gasteiger charge is 2.34. The maximum absolute atomic E-state index is 4.80. The van der Waals surface area contributed by atoms with Gasteiger partial charge in [0.25, 0.3) is 0 Å². The number of anilines is 1. The van der Waals surface area contributed by atoms with Crippen LogP contribution in [0.5, 0.6) is 0 Å². The molecule has 0 saturated carbocycles. The van der Waals surface area contributed by atoms with E-state index in [0.29, 0.717) is 0 Å². The van der Waals surface area contributed by atoms with Crippen molar-refractivity contribution in [1.82, 2.24) is 5.43 Å². The number of hydrogen-bond donors (Lipinski definition) is 1. The predicted octanol–water partition coefficient (Wildman–Crippen LogP) is 2.89. The van der Waals surface area contributed by atoms with Crippen LogP contribution in [-0.2, 0) is 0 Å². The molecule has 0 fully saturated rings. The van der Waals surface area contributed by atoms with Crippen molar-refractivity contribution in [2.75, 3.05) is 4.90 Å². The van der Waals surface area contributed by atoms with Gasteiger partial charge in [-0.2, -0.15) is 5.10 Å². The molecule has 20 heavy (non-hydrogen) atoms. The van der Waals surface area contributed by atoms with Crippen LogP contribution in [0.4, 0.5) is 11.4 Å². The Labute approximate surface area is 117 Å². The third kappa shape index (κ3) is 1.54. The second-order valence-corrected chi connectivity index (χ2v) is 4.93. The molecular weight excluding hydrogens is 248 g/mol. The summed E-state index contributed by atoms with van der Waals surface area (Å²) in [4.78, 5) is 7.00. The Hall–Kier alpha value is -2.62. The van der Waals surface area contributed by atoms with E-state index in [1.807, 2.05) is 36.4 Å². The Morgan fingerprint density at radius 3 is 2.60 bits per heavy atom. The Kier molecular flexibility index (Phi) is 2.36. The van der Waals surface area contributed by atoms with Crippen molar-refractivity contribution in [3.05, 3.63) is 60.2 Å². The summed E-state index contributed by atoms with van der Waals surface area (Å²) in [5, 5.41) is 4.46. The number of rotatable bonds is 1. The van der Waals surface area contributed by atoms with Crippen LogP contribution in [0, 0.1) is 0 Å². The summed E-state index contributed by atoms with van der Waals surface area (Å²) in [6.45, 7) is 2.10. The molecule has 1 atom stereocenters. The van der Waals surface area contributed by atoms with E-state index in [9.17, 15) is 0 Å². The van der Waals surface area contributed by atoms with Crippen molar-refractivity contribution < 1.29 is 0 Å². The van der Waals surface area contributed by atoms with Crippen molar-refractivity contribution in [3.8, 4) is 0 Å². The van der Waals surface area contributed by atoms with Crippen LogP contribution in [-0.4, -0.2) is 17.7 Å². The lowest BCUT2D eigenvalue weighted by Gasteiger charge is -2.29. The molecule has 2 heterocycles. The van der Waals surface area contributed by atoms with Crippen LogP contribution in [0.25, 0.3) is 0 Å². The van der Waals surface area contributed by atoms with Gasteiger partial charge in [-0.05, 0) is 19.1 Å². The highest BCUT2D eigenvalue weighted by molar-refractivity contribution is 6.53. The normalized spacial score (nSPS) is 19.6. The van der Waals surface area contributed by atoms with Crippen molar-refractivity contribution >= 4 is 22.9 Å². The molecule has 0 saturated heterocycles. The molecule has 2 aromatic rings. The lowest BCUT2D eigenvalue weighted by Crippen LogP contribution is -2.42. The second-order valence-electron chi connectivity index (χ2n) is 4.93. The molecule has 4 rings (SSSR count). The number of benzene rings is 2. The Balaban J connectivity index is 1.94. The van der Waals surface area contributed by atoms with Crippen molar-refractivity contribution in [1.29, 1.82) is 0 Å². The van der Waals surface area contributed by atoms with Crippen molar-refractivity contribution in [2.45, 2.75) is 13.1 Å². The molecule has 1 unspecified atom stereocenters. The van der Waals surface area contributed by atoms with E-state index in [2.05, 4.69) is 40.5 Å². The molecule has 0 bridgehead atoms. The zero-order valence-electron chi connectivity index (χ0n) is 11.1. The smallest absolute Gasteiger partial charge is 0.181 e. The number of hydrogen-bond acceptors (Lipinski definition) is 4. The van der Waals surface area contributed by atoms with E-state index in [-0.39, 0.29) is 6.17 Å². The van der Waals surface area contributed by atoms with Gasteiger partial charge in [0.1, 0.15) is 11.9 Å². The van der Waals surface area contributed by atoms with E-state index in [0.717, 1.165) is 28.5 Å². The fourth-order valence-electron chi connectivity index (χ4n) is 2.66. The average Bonchev–Trinajstić information content (AvgIpc) is 2.90. The van der Waals surface area contributed by atoms with Crippen LogP contribution in [0.2, 0.25) is 0 Å². The van der Waals surface area contributed by atoms with Gasteiger partial charge in [0, 0.05) is 5.56 Å². The SMILES string of the molecule is CC1NN=C2C(c3ccccc3)=Nc3ccccc3N21. The summed E-state index contributed by atoms with van der Waals surface area (Å²) in [6, 6.07) is 18.4. The van der Waals surface area contributed by atoms with Gasteiger partial charge < -0.3 is 0 Å². The predicted molar refractivity (Wildman–Crippen MR) is 81.6 cm³/mol. The Morgan fingerprint density at radius 1 is 1.00 bits per heavy atom. The molecule has 2 aliphatic heterocycles. The first kappa shape index (κ1) is 11.2. The molecule has 4 heteroatoms. The van der Waals surface area contributed by atoms with E-state index in [1.165, 1.54) is 0 Å². The first-order valence-corrected chi connectivity index (χ1v) is 6.70. The first-order chi connectivity index (χ1) is 9.84. The first-order valence-electron chi connectivity index (χ1n) is 6.70.